The minimum atomic E-state index is -2.62. The smallest absolute Gasteiger partial charge is 0.255 e. The van der Waals surface area contributed by atoms with Crippen LogP contribution < -0.4 is 0 Å². The summed E-state index contributed by atoms with van der Waals surface area (Å²) < 4.78 is 26.0. The quantitative estimate of drug-likeness (QED) is 0.716. The molecule has 3 heteroatoms. The normalized spacial score (nSPS) is 22.2. The van der Waals surface area contributed by atoms with Gasteiger partial charge in [-0.25, -0.2) is 8.78 Å². The fourth-order valence-corrected chi connectivity index (χ4v) is 1.89. The molecule has 0 amide bonds. The second-order valence-electron chi connectivity index (χ2n) is 4.62. The van der Waals surface area contributed by atoms with Gasteiger partial charge in [-0.2, -0.15) is 0 Å². The summed E-state index contributed by atoms with van der Waals surface area (Å²) in [5, 5.41) is 0. The number of benzene rings is 1. The van der Waals surface area contributed by atoms with Crippen LogP contribution >= 0.6 is 0 Å². The standard InChI is InChI=1S/C13H14F2O/c1-8(2)12(16)10-6-4-3-5-9(10)11-7-13(11,14)15/h3-6,8,11H,7H2,1-2H3. The first-order chi connectivity index (χ1) is 7.43. The highest BCUT2D eigenvalue weighted by Crippen LogP contribution is 2.56. The Kier molecular flexibility index (Phi) is 2.56. The Morgan fingerprint density at radius 1 is 1.38 bits per heavy atom. The number of carbonyl (C=O) groups is 1. The lowest BCUT2D eigenvalue weighted by atomic mass is 9.94. The summed E-state index contributed by atoms with van der Waals surface area (Å²) in [6.07, 6.45) is -0.130. The SMILES string of the molecule is CC(C)C(=O)c1ccccc1C1CC1(F)F. The molecule has 0 aliphatic heterocycles. The maximum atomic E-state index is 13.0. The Labute approximate surface area is 93.5 Å². The van der Waals surface area contributed by atoms with E-state index in [0.717, 1.165) is 0 Å². The van der Waals surface area contributed by atoms with Crippen LogP contribution in [-0.2, 0) is 0 Å². The van der Waals surface area contributed by atoms with Crippen molar-refractivity contribution >= 4 is 5.78 Å². The summed E-state index contributed by atoms with van der Waals surface area (Å²) in [6, 6.07) is 6.72. The average molecular weight is 224 g/mol. The van der Waals surface area contributed by atoms with E-state index in [9.17, 15) is 13.6 Å². The van der Waals surface area contributed by atoms with Gasteiger partial charge >= 0.3 is 0 Å². The number of carbonyl (C=O) groups excluding carboxylic acids is 1. The molecule has 1 aliphatic rings. The summed E-state index contributed by atoms with van der Waals surface area (Å²) in [6.45, 7) is 3.56. The molecule has 0 aromatic heterocycles. The van der Waals surface area contributed by atoms with Gasteiger partial charge in [0.15, 0.2) is 5.78 Å². The van der Waals surface area contributed by atoms with Crippen LogP contribution in [0.4, 0.5) is 8.78 Å². The zero-order valence-corrected chi connectivity index (χ0v) is 9.34. The van der Waals surface area contributed by atoms with Gasteiger partial charge in [0.25, 0.3) is 5.92 Å². The molecule has 1 fully saturated rings. The van der Waals surface area contributed by atoms with Crippen molar-refractivity contribution in [1.82, 2.24) is 0 Å². The second kappa shape index (κ2) is 3.65. The van der Waals surface area contributed by atoms with E-state index < -0.39 is 11.8 Å². The van der Waals surface area contributed by atoms with E-state index in [1.165, 1.54) is 0 Å². The fourth-order valence-electron chi connectivity index (χ4n) is 1.89. The van der Waals surface area contributed by atoms with Gasteiger partial charge < -0.3 is 0 Å². The number of ketones is 1. The molecule has 0 N–H and O–H groups in total. The maximum absolute atomic E-state index is 13.0. The first-order valence-electron chi connectivity index (χ1n) is 5.44. The van der Waals surface area contributed by atoms with Gasteiger partial charge in [0.05, 0.1) is 5.92 Å². The molecule has 2 rings (SSSR count). The lowest BCUT2D eigenvalue weighted by Gasteiger charge is -2.09. The van der Waals surface area contributed by atoms with Crippen LogP contribution in [0.1, 0.15) is 42.1 Å². The highest BCUT2D eigenvalue weighted by atomic mass is 19.3. The molecule has 0 spiro atoms. The Morgan fingerprint density at radius 3 is 2.44 bits per heavy atom. The minimum Gasteiger partial charge on any atom is -0.294 e. The lowest BCUT2D eigenvalue weighted by Crippen LogP contribution is -2.11. The molecule has 1 nitrogen and oxygen atoms in total. The van der Waals surface area contributed by atoms with E-state index in [-0.39, 0.29) is 18.1 Å². The largest absolute Gasteiger partial charge is 0.294 e. The third-order valence-corrected chi connectivity index (χ3v) is 2.95. The van der Waals surface area contributed by atoms with Crippen molar-refractivity contribution in [2.45, 2.75) is 32.1 Å². The van der Waals surface area contributed by atoms with E-state index in [0.29, 0.717) is 11.1 Å². The number of alkyl halides is 2. The third-order valence-electron chi connectivity index (χ3n) is 2.95. The van der Waals surface area contributed by atoms with Crippen LogP contribution in [0.2, 0.25) is 0 Å². The zero-order chi connectivity index (χ0) is 11.9. The third kappa shape index (κ3) is 1.86. The van der Waals surface area contributed by atoms with Gasteiger partial charge in [-0.1, -0.05) is 38.1 Å². The molecule has 1 aromatic carbocycles. The molecule has 1 saturated carbocycles. The summed E-state index contributed by atoms with van der Waals surface area (Å²) in [5.74, 6) is -3.59. The van der Waals surface area contributed by atoms with Crippen molar-refractivity contribution in [1.29, 1.82) is 0 Å². The van der Waals surface area contributed by atoms with E-state index in [2.05, 4.69) is 0 Å². The van der Waals surface area contributed by atoms with E-state index in [1.807, 2.05) is 0 Å². The number of Topliss-reactive ketones (excluding diaryl/α,β-unsaturated/α-hetero) is 1. The van der Waals surface area contributed by atoms with E-state index in [1.54, 1.807) is 38.1 Å². The molecule has 1 atom stereocenters. The number of hydrogen-bond acceptors (Lipinski definition) is 1. The first-order valence-corrected chi connectivity index (χ1v) is 5.44. The van der Waals surface area contributed by atoms with Crippen molar-refractivity contribution in [2.24, 2.45) is 5.92 Å². The van der Waals surface area contributed by atoms with Gasteiger partial charge in [0, 0.05) is 17.9 Å². The van der Waals surface area contributed by atoms with Crippen molar-refractivity contribution in [3.63, 3.8) is 0 Å². The van der Waals surface area contributed by atoms with Crippen LogP contribution in [0.15, 0.2) is 24.3 Å². The van der Waals surface area contributed by atoms with Gasteiger partial charge in [-0.15, -0.1) is 0 Å². The number of hydrogen-bond donors (Lipinski definition) is 0. The van der Waals surface area contributed by atoms with Crippen LogP contribution in [0.25, 0.3) is 0 Å². The van der Waals surface area contributed by atoms with Crippen LogP contribution in [0.3, 0.4) is 0 Å². The molecule has 16 heavy (non-hydrogen) atoms. The molecule has 1 aromatic rings. The van der Waals surface area contributed by atoms with Gasteiger partial charge in [-0.3, -0.25) is 4.79 Å². The average Bonchev–Trinajstić information content (AvgIpc) is 2.86. The molecule has 1 aliphatic carbocycles. The fraction of sp³-hybridized carbons (Fsp3) is 0.462. The molecule has 0 radical (unpaired) electrons. The molecule has 0 bridgehead atoms. The summed E-state index contributed by atoms with van der Waals surface area (Å²) in [4.78, 5) is 11.9. The summed E-state index contributed by atoms with van der Waals surface area (Å²) in [5.41, 5.74) is 0.964. The first kappa shape index (κ1) is 11.2. The van der Waals surface area contributed by atoms with E-state index >= 15 is 0 Å². The van der Waals surface area contributed by atoms with Crippen molar-refractivity contribution in [3.8, 4) is 0 Å². The highest BCUT2D eigenvalue weighted by Gasteiger charge is 2.58. The monoisotopic (exact) mass is 224 g/mol. The molecule has 1 unspecified atom stereocenters. The number of halogens is 2. The van der Waals surface area contributed by atoms with Gasteiger partial charge in [0.2, 0.25) is 0 Å². The predicted octanol–water partition coefficient (Wildman–Crippen LogP) is 3.65. The van der Waals surface area contributed by atoms with Gasteiger partial charge in [0.1, 0.15) is 0 Å². The minimum absolute atomic E-state index is 0.0571. The van der Waals surface area contributed by atoms with Crippen molar-refractivity contribution in [2.75, 3.05) is 0 Å². The lowest BCUT2D eigenvalue weighted by molar-refractivity contribution is 0.0936. The van der Waals surface area contributed by atoms with Crippen molar-refractivity contribution < 1.29 is 13.6 Å². The molecular formula is C13H14F2O. The number of rotatable bonds is 3. The predicted molar refractivity (Wildman–Crippen MR) is 57.9 cm³/mol. The molecule has 0 saturated heterocycles. The Balaban J connectivity index is 2.36. The van der Waals surface area contributed by atoms with Crippen LogP contribution in [0.5, 0.6) is 0 Å². The summed E-state index contributed by atoms with van der Waals surface area (Å²) >= 11 is 0. The molecule has 86 valence electrons. The van der Waals surface area contributed by atoms with Crippen molar-refractivity contribution in [3.05, 3.63) is 35.4 Å². The zero-order valence-electron chi connectivity index (χ0n) is 9.34. The van der Waals surface area contributed by atoms with Crippen LogP contribution in [-0.4, -0.2) is 11.7 Å². The van der Waals surface area contributed by atoms with Crippen LogP contribution in [0, 0.1) is 5.92 Å². The molecule has 0 heterocycles. The molecular weight excluding hydrogens is 210 g/mol. The Hall–Kier alpha value is -1.25. The second-order valence-corrected chi connectivity index (χ2v) is 4.62. The Bertz CT molecular complexity index is 424. The maximum Gasteiger partial charge on any atom is 0.255 e. The highest BCUT2D eigenvalue weighted by molar-refractivity contribution is 5.99. The summed E-state index contributed by atoms with van der Waals surface area (Å²) in [7, 11) is 0. The van der Waals surface area contributed by atoms with E-state index in [4.69, 9.17) is 0 Å². The Morgan fingerprint density at radius 2 is 1.94 bits per heavy atom. The van der Waals surface area contributed by atoms with Gasteiger partial charge in [-0.05, 0) is 5.56 Å². The topological polar surface area (TPSA) is 17.1 Å².